The predicted octanol–water partition coefficient (Wildman–Crippen LogP) is 2.80. The van der Waals surface area contributed by atoms with Crippen LogP contribution in [0.3, 0.4) is 0 Å². The Kier molecular flexibility index (Phi) is 5.39. The Morgan fingerprint density at radius 1 is 1.28 bits per heavy atom. The standard InChI is InChI=1S/C15H21N7S.C2H6/c1-21-5-3-15(4-6-21)14(17-8-11-7-16-10-23-11)18-13-12(19-15)9-22(2)20-13;1-2/h7,9-10,19H,3-6,8H2,1-2H3,(H,17,18,20);1-2H3. The van der Waals surface area contributed by atoms with Gasteiger partial charge in [-0.3, -0.25) is 14.7 Å². The first-order valence-corrected chi connectivity index (χ1v) is 9.72. The van der Waals surface area contributed by atoms with Gasteiger partial charge in [0.05, 0.1) is 29.5 Å². The number of hydrogen-bond donors (Lipinski definition) is 2. The van der Waals surface area contributed by atoms with Crippen molar-refractivity contribution in [3.63, 3.8) is 0 Å². The highest BCUT2D eigenvalue weighted by molar-refractivity contribution is 7.09. The third-order valence-corrected chi connectivity index (χ3v) is 5.37. The summed E-state index contributed by atoms with van der Waals surface area (Å²) in [5, 5.41) is 11.7. The molecule has 2 aliphatic rings. The molecule has 1 spiro atoms. The summed E-state index contributed by atoms with van der Waals surface area (Å²) < 4.78 is 1.83. The quantitative estimate of drug-likeness (QED) is 0.861. The fraction of sp³-hybridized carbons (Fsp3) is 0.588. The molecular formula is C17H27N7S. The minimum atomic E-state index is -0.118. The van der Waals surface area contributed by atoms with Gasteiger partial charge in [-0.15, -0.1) is 11.3 Å². The molecule has 0 aromatic carbocycles. The highest BCUT2D eigenvalue weighted by Crippen LogP contribution is 2.36. The molecule has 0 unspecified atom stereocenters. The summed E-state index contributed by atoms with van der Waals surface area (Å²) in [6.07, 6.45) is 5.99. The Labute approximate surface area is 153 Å². The van der Waals surface area contributed by atoms with Crippen molar-refractivity contribution in [2.75, 3.05) is 30.8 Å². The van der Waals surface area contributed by atoms with Gasteiger partial charge in [0.2, 0.25) is 0 Å². The van der Waals surface area contributed by atoms with E-state index in [1.807, 2.05) is 43.5 Å². The minimum Gasteiger partial charge on any atom is -0.368 e. The molecule has 0 saturated carbocycles. The summed E-state index contributed by atoms with van der Waals surface area (Å²) in [6, 6.07) is 0. The van der Waals surface area contributed by atoms with Gasteiger partial charge >= 0.3 is 0 Å². The van der Waals surface area contributed by atoms with Crippen LogP contribution in [0.15, 0.2) is 22.9 Å². The van der Waals surface area contributed by atoms with Crippen LogP contribution in [0.4, 0.5) is 11.5 Å². The van der Waals surface area contributed by atoms with E-state index in [0.29, 0.717) is 6.54 Å². The van der Waals surface area contributed by atoms with Crippen molar-refractivity contribution in [2.24, 2.45) is 12.0 Å². The molecule has 2 aromatic heterocycles. The van der Waals surface area contributed by atoms with Crippen molar-refractivity contribution in [2.45, 2.75) is 38.8 Å². The molecule has 1 saturated heterocycles. The van der Waals surface area contributed by atoms with Gasteiger partial charge in [-0.2, -0.15) is 5.10 Å². The average Bonchev–Trinajstić information content (AvgIpc) is 3.25. The lowest BCUT2D eigenvalue weighted by atomic mass is 9.84. The number of thiazole rings is 1. The van der Waals surface area contributed by atoms with Crippen LogP contribution in [0.1, 0.15) is 31.6 Å². The molecule has 2 N–H and O–H groups in total. The molecule has 2 aliphatic heterocycles. The Morgan fingerprint density at radius 3 is 2.72 bits per heavy atom. The molecule has 25 heavy (non-hydrogen) atoms. The molecule has 0 atom stereocenters. The third-order valence-electron chi connectivity index (χ3n) is 4.61. The molecule has 2 aromatic rings. The Balaban J connectivity index is 0.000000880. The summed E-state index contributed by atoms with van der Waals surface area (Å²) in [6.45, 7) is 6.78. The van der Waals surface area contributed by atoms with E-state index in [2.05, 4.69) is 32.7 Å². The number of aryl methyl sites for hydroxylation is 1. The van der Waals surface area contributed by atoms with Gasteiger partial charge in [0.25, 0.3) is 0 Å². The SMILES string of the molecule is CC.CN1CCC2(CC1)Nc1cn(C)nc1NC2=NCc1cncs1. The maximum atomic E-state index is 4.88. The first-order chi connectivity index (χ1) is 12.1. The number of fused-ring (bicyclic) bond motifs is 1. The lowest BCUT2D eigenvalue weighted by Gasteiger charge is -2.44. The fourth-order valence-electron chi connectivity index (χ4n) is 3.25. The molecule has 0 radical (unpaired) electrons. The monoisotopic (exact) mass is 361 g/mol. The molecule has 0 aliphatic carbocycles. The van der Waals surface area contributed by atoms with Crippen LogP contribution in [0, 0.1) is 0 Å². The second-order valence-corrected chi connectivity index (χ2v) is 7.30. The fourth-order valence-corrected chi connectivity index (χ4v) is 3.77. The smallest absolute Gasteiger partial charge is 0.176 e. The summed E-state index contributed by atoms with van der Waals surface area (Å²) in [4.78, 5) is 12.6. The van der Waals surface area contributed by atoms with Crippen molar-refractivity contribution >= 4 is 28.7 Å². The van der Waals surface area contributed by atoms with Crippen molar-refractivity contribution in [3.8, 4) is 0 Å². The molecule has 4 rings (SSSR count). The van der Waals surface area contributed by atoms with E-state index in [9.17, 15) is 0 Å². The number of piperidine rings is 1. The van der Waals surface area contributed by atoms with Crippen LogP contribution >= 0.6 is 11.3 Å². The lowest BCUT2D eigenvalue weighted by Crippen LogP contribution is -2.58. The van der Waals surface area contributed by atoms with Crippen LogP contribution in [0.5, 0.6) is 0 Å². The van der Waals surface area contributed by atoms with E-state index in [-0.39, 0.29) is 5.54 Å². The van der Waals surface area contributed by atoms with Crippen molar-refractivity contribution in [3.05, 3.63) is 22.8 Å². The molecule has 4 heterocycles. The van der Waals surface area contributed by atoms with Crippen LogP contribution in [-0.2, 0) is 13.6 Å². The Bertz CT molecular complexity index is 711. The minimum absolute atomic E-state index is 0.118. The van der Waals surface area contributed by atoms with Gasteiger partial charge in [-0.05, 0) is 19.9 Å². The zero-order valence-electron chi connectivity index (χ0n) is 15.4. The highest BCUT2D eigenvalue weighted by atomic mass is 32.1. The topological polar surface area (TPSA) is 70.4 Å². The number of aromatic nitrogens is 3. The molecule has 0 amide bonds. The summed E-state index contributed by atoms with van der Waals surface area (Å²) in [7, 11) is 4.11. The number of rotatable bonds is 2. The van der Waals surface area contributed by atoms with Gasteiger partial charge in [0.1, 0.15) is 5.84 Å². The third kappa shape index (κ3) is 3.69. The van der Waals surface area contributed by atoms with E-state index in [1.54, 1.807) is 11.3 Å². The molecule has 8 heteroatoms. The number of amidine groups is 1. The average molecular weight is 362 g/mol. The van der Waals surface area contributed by atoms with Crippen molar-refractivity contribution in [1.82, 2.24) is 19.7 Å². The summed E-state index contributed by atoms with van der Waals surface area (Å²) in [5.74, 6) is 1.87. The number of aliphatic imine (C=N–C) groups is 1. The van der Waals surface area contributed by atoms with Gasteiger partial charge in [-0.25, -0.2) is 0 Å². The maximum Gasteiger partial charge on any atom is 0.176 e. The zero-order chi connectivity index (χ0) is 17.9. The van der Waals surface area contributed by atoms with E-state index in [4.69, 9.17) is 4.99 Å². The normalized spacial score (nSPS) is 20.4. The van der Waals surface area contributed by atoms with E-state index in [1.165, 1.54) is 4.88 Å². The molecule has 1 fully saturated rings. The van der Waals surface area contributed by atoms with Crippen LogP contribution in [-0.4, -0.2) is 51.2 Å². The van der Waals surface area contributed by atoms with Gasteiger partial charge in [0.15, 0.2) is 5.82 Å². The van der Waals surface area contributed by atoms with Gasteiger partial charge in [-0.1, -0.05) is 13.8 Å². The van der Waals surface area contributed by atoms with Crippen molar-refractivity contribution in [1.29, 1.82) is 0 Å². The molecule has 0 bridgehead atoms. The van der Waals surface area contributed by atoms with Gasteiger partial charge in [0, 0.05) is 31.2 Å². The summed E-state index contributed by atoms with van der Waals surface area (Å²) >= 11 is 1.64. The largest absolute Gasteiger partial charge is 0.368 e. The van der Waals surface area contributed by atoms with Crippen LogP contribution in [0.2, 0.25) is 0 Å². The summed E-state index contributed by atoms with van der Waals surface area (Å²) in [5.41, 5.74) is 2.80. The first kappa shape index (κ1) is 17.9. The number of likely N-dealkylation sites (tertiary alicyclic amines) is 1. The lowest BCUT2D eigenvalue weighted by molar-refractivity contribution is 0.240. The molecule has 136 valence electrons. The number of nitrogens with zero attached hydrogens (tertiary/aromatic N) is 5. The highest BCUT2D eigenvalue weighted by Gasteiger charge is 2.42. The number of anilines is 2. The van der Waals surface area contributed by atoms with E-state index in [0.717, 1.165) is 43.3 Å². The van der Waals surface area contributed by atoms with E-state index >= 15 is 0 Å². The van der Waals surface area contributed by atoms with Gasteiger partial charge < -0.3 is 15.5 Å². The molecule has 7 nitrogen and oxygen atoms in total. The van der Waals surface area contributed by atoms with Crippen molar-refractivity contribution < 1.29 is 0 Å². The Morgan fingerprint density at radius 2 is 2.04 bits per heavy atom. The number of nitrogens with one attached hydrogen (secondary N) is 2. The van der Waals surface area contributed by atoms with Crippen LogP contribution in [0.25, 0.3) is 0 Å². The maximum absolute atomic E-state index is 4.88. The predicted molar refractivity (Wildman–Crippen MR) is 105 cm³/mol. The second-order valence-electron chi connectivity index (χ2n) is 6.33. The zero-order valence-corrected chi connectivity index (χ0v) is 16.2. The van der Waals surface area contributed by atoms with E-state index < -0.39 is 0 Å². The first-order valence-electron chi connectivity index (χ1n) is 8.84. The van der Waals surface area contributed by atoms with Crippen LogP contribution < -0.4 is 10.6 Å². The molecular weight excluding hydrogens is 334 g/mol. The Hall–Kier alpha value is -1.93. The second kappa shape index (κ2) is 7.53. The number of hydrogen-bond acceptors (Lipinski definition) is 6.